The molecule has 1 aliphatic carbocycles. The number of allylic oxidation sites excluding steroid dienone is 3. The summed E-state index contributed by atoms with van der Waals surface area (Å²) in [4.78, 5) is 12.9. The summed E-state index contributed by atoms with van der Waals surface area (Å²) in [6, 6.07) is 0. The highest BCUT2D eigenvalue weighted by molar-refractivity contribution is 5.85. The number of carbonyl (C=O) groups excluding carboxylic acids is 1. The van der Waals surface area contributed by atoms with E-state index >= 15 is 0 Å². The van der Waals surface area contributed by atoms with E-state index in [-0.39, 0.29) is 18.5 Å². The molecule has 1 rings (SSSR count). The van der Waals surface area contributed by atoms with Crippen molar-refractivity contribution in [2.75, 3.05) is 20.5 Å². The minimum Gasteiger partial charge on any atom is -0.494 e. The highest BCUT2D eigenvalue weighted by atomic mass is 16.7. The van der Waals surface area contributed by atoms with E-state index in [4.69, 9.17) is 14.2 Å². The molecule has 0 saturated heterocycles. The molecule has 0 aromatic carbocycles. The fourth-order valence-corrected chi connectivity index (χ4v) is 3.94. The molecule has 1 saturated carbocycles. The van der Waals surface area contributed by atoms with Gasteiger partial charge in [-0.05, 0) is 61.2 Å². The molecule has 0 aromatic heterocycles. The Kier molecular flexibility index (Phi) is 13.2. The van der Waals surface area contributed by atoms with Gasteiger partial charge in [-0.15, -0.1) is 0 Å². The molecule has 4 heteroatoms. The van der Waals surface area contributed by atoms with Gasteiger partial charge in [0.1, 0.15) is 18.2 Å². The van der Waals surface area contributed by atoms with Crippen molar-refractivity contribution in [3.05, 3.63) is 36.1 Å². The lowest BCUT2D eigenvalue weighted by Crippen LogP contribution is -2.47. The van der Waals surface area contributed by atoms with E-state index in [1.54, 1.807) is 14.0 Å². The first-order chi connectivity index (χ1) is 15.2. The van der Waals surface area contributed by atoms with Crippen LogP contribution in [0.3, 0.4) is 0 Å². The fourth-order valence-electron chi connectivity index (χ4n) is 3.94. The maximum absolute atomic E-state index is 12.9. The van der Waals surface area contributed by atoms with Gasteiger partial charge in [0.15, 0.2) is 5.78 Å². The van der Waals surface area contributed by atoms with E-state index in [1.807, 2.05) is 6.08 Å². The van der Waals surface area contributed by atoms with Gasteiger partial charge in [-0.3, -0.25) is 4.79 Å². The van der Waals surface area contributed by atoms with Crippen LogP contribution >= 0.6 is 0 Å². The van der Waals surface area contributed by atoms with Crippen LogP contribution in [0.1, 0.15) is 86.5 Å². The average molecular weight is 449 g/mol. The predicted octanol–water partition coefficient (Wildman–Crippen LogP) is 7.26. The Morgan fingerprint density at radius 1 is 1.19 bits per heavy atom. The molecule has 0 bridgehead atoms. The molecule has 32 heavy (non-hydrogen) atoms. The molecule has 0 N–H and O–H groups in total. The number of carbonyl (C=O) groups is 1. The zero-order valence-electron chi connectivity index (χ0n) is 21.7. The molecule has 4 nitrogen and oxygen atoms in total. The van der Waals surface area contributed by atoms with Crippen LogP contribution in [0.2, 0.25) is 0 Å². The summed E-state index contributed by atoms with van der Waals surface area (Å²) in [5, 5.41) is 0. The smallest absolute Gasteiger partial charge is 0.162 e. The Morgan fingerprint density at radius 2 is 1.88 bits per heavy atom. The molecule has 0 radical (unpaired) electrons. The van der Waals surface area contributed by atoms with Crippen molar-refractivity contribution in [1.29, 1.82) is 0 Å². The standard InChI is InChI=1S/C28H48O4/c1-9-21(3)11-14-27(31-16-15-26-12-13-26)18-23(5)19-28(25(7)29,32-20-30-8)24(6)17-22(4)10-2/h11,14,18,21-22,24,26H,5,9-10,12-13,15-17,19-20H2,1-4,6-8H3/b14-11-,27-18+/t21?,22?,24-,28?/m0/s1. The Bertz CT molecular complexity index is 631. The van der Waals surface area contributed by atoms with Crippen LogP contribution in [0.25, 0.3) is 0 Å². The first kappa shape index (κ1) is 28.6. The maximum atomic E-state index is 12.9. The topological polar surface area (TPSA) is 44.8 Å². The van der Waals surface area contributed by atoms with Gasteiger partial charge in [0.2, 0.25) is 0 Å². The van der Waals surface area contributed by atoms with Crippen LogP contribution in [-0.2, 0) is 19.0 Å². The lowest BCUT2D eigenvalue weighted by atomic mass is 9.75. The Labute approximate surface area is 197 Å². The molecular weight excluding hydrogens is 400 g/mol. The fraction of sp³-hybridized carbons (Fsp3) is 0.750. The average Bonchev–Trinajstić information content (AvgIpc) is 3.58. The summed E-state index contributed by atoms with van der Waals surface area (Å²) in [7, 11) is 1.59. The van der Waals surface area contributed by atoms with Crippen LogP contribution in [0.4, 0.5) is 0 Å². The molecule has 184 valence electrons. The Balaban J connectivity index is 3.07. The van der Waals surface area contributed by atoms with Gasteiger partial charge in [-0.2, -0.15) is 0 Å². The number of hydrogen-bond acceptors (Lipinski definition) is 4. The predicted molar refractivity (Wildman–Crippen MR) is 133 cm³/mol. The van der Waals surface area contributed by atoms with E-state index in [2.05, 4.69) is 53.3 Å². The van der Waals surface area contributed by atoms with Crippen LogP contribution < -0.4 is 0 Å². The maximum Gasteiger partial charge on any atom is 0.162 e. The molecular formula is C28H48O4. The molecule has 0 heterocycles. The molecule has 1 aliphatic rings. The lowest BCUT2D eigenvalue weighted by Gasteiger charge is -2.38. The van der Waals surface area contributed by atoms with Crippen molar-refractivity contribution in [3.63, 3.8) is 0 Å². The van der Waals surface area contributed by atoms with Crippen molar-refractivity contribution >= 4 is 5.78 Å². The first-order valence-electron chi connectivity index (χ1n) is 12.5. The second-order valence-corrected chi connectivity index (χ2v) is 9.85. The minimum absolute atomic E-state index is 0.0197. The van der Waals surface area contributed by atoms with Gasteiger partial charge in [0.25, 0.3) is 0 Å². The Morgan fingerprint density at radius 3 is 2.41 bits per heavy atom. The first-order valence-corrected chi connectivity index (χ1v) is 12.5. The third kappa shape index (κ3) is 10.0. The number of ketones is 1. The Hall–Kier alpha value is -1.39. The monoisotopic (exact) mass is 448 g/mol. The summed E-state index contributed by atoms with van der Waals surface area (Å²) in [5.74, 6) is 2.70. The van der Waals surface area contributed by atoms with Crippen LogP contribution in [0.5, 0.6) is 0 Å². The molecule has 4 atom stereocenters. The third-order valence-corrected chi connectivity index (χ3v) is 6.84. The normalized spacial score (nSPS) is 19.4. The quantitative estimate of drug-likeness (QED) is 0.126. The summed E-state index contributed by atoms with van der Waals surface area (Å²) >= 11 is 0. The van der Waals surface area contributed by atoms with Crippen LogP contribution in [-0.4, -0.2) is 31.9 Å². The van der Waals surface area contributed by atoms with Gasteiger partial charge >= 0.3 is 0 Å². The molecule has 0 aliphatic heterocycles. The number of ether oxygens (including phenoxy) is 3. The van der Waals surface area contributed by atoms with Crippen LogP contribution in [0.15, 0.2) is 36.1 Å². The van der Waals surface area contributed by atoms with Crippen molar-refractivity contribution in [3.8, 4) is 0 Å². The highest BCUT2D eigenvalue weighted by Crippen LogP contribution is 2.36. The number of rotatable bonds is 18. The van der Waals surface area contributed by atoms with Crippen LogP contribution in [0, 0.1) is 23.7 Å². The third-order valence-electron chi connectivity index (χ3n) is 6.84. The SMILES string of the molecule is C=C(/C=C(\C=C/C(C)CC)OCCC1CC1)CC(OCOC)(C(C)=O)[C@@H](C)CC(C)CC. The van der Waals surface area contributed by atoms with Crippen molar-refractivity contribution in [2.24, 2.45) is 23.7 Å². The number of hydrogen-bond donors (Lipinski definition) is 0. The summed E-state index contributed by atoms with van der Waals surface area (Å²) in [6.07, 6.45) is 13.5. The van der Waals surface area contributed by atoms with Crippen molar-refractivity contribution < 1.29 is 19.0 Å². The number of Topliss-reactive ketones (excluding diaryl/α,β-unsaturated/α-hetero) is 1. The summed E-state index contributed by atoms with van der Waals surface area (Å²) < 4.78 is 17.4. The highest BCUT2D eigenvalue weighted by Gasteiger charge is 2.42. The van der Waals surface area contributed by atoms with E-state index in [0.717, 1.165) is 49.5 Å². The zero-order valence-corrected chi connectivity index (χ0v) is 21.7. The van der Waals surface area contributed by atoms with E-state index in [0.29, 0.717) is 18.3 Å². The lowest BCUT2D eigenvalue weighted by molar-refractivity contribution is -0.174. The molecule has 0 aromatic rings. The largest absolute Gasteiger partial charge is 0.494 e. The van der Waals surface area contributed by atoms with E-state index in [1.165, 1.54) is 12.8 Å². The summed E-state index contributed by atoms with van der Waals surface area (Å²) in [5.41, 5.74) is -0.116. The van der Waals surface area contributed by atoms with E-state index < -0.39 is 5.60 Å². The van der Waals surface area contributed by atoms with Gasteiger partial charge < -0.3 is 14.2 Å². The molecule has 0 amide bonds. The second kappa shape index (κ2) is 14.7. The second-order valence-electron chi connectivity index (χ2n) is 9.85. The van der Waals surface area contributed by atoms with Gasteiger partial charge in [0.05, 0.1) is 6.61 Å². The van der Waals surface area contributed by atoms with Crippen molar-refractivity contribution in [2.45, 2.75) is 92.1 Å². The molecule has 3 unspecified atom stereocenters. The summed E-state index contributed by atoms with van der Waals surface area (Å²) in [6.45, 7) is 17.6. The molecule has 1 fully saturated rings. The van der Waals surface area contributed by atoms with Gasteiger partial charge in [-0.1, -0.05) is 73.0 Å². The van der Waals surface area contributed by atoms with Gasteiger partial charge in [0, 0.05) is 13.5 Å². The van der Waals surface area contributed by atoms with E-state index in [9.17, 15) is 4.79 Å². The number of methoxy groups -OCH3 is 1. The minimum atomic E-state index is -0.952. The zero-order chi connectivity index (χ0) is 24.1. The van der Waals surface area contributed by atoms with Crippen molar-refractivity contribution in [1.82, 2.24) is 0 Å². The van der Waals surface area contributed by atoms with Gasteiger partial charge in [-0.25, -0.2) is 0 Å². The molecule has 0 spiro atoms.